The van der Waals surface area contributed by atoms with Gasteiger partial charge >= 0.3 is 0 Å². The van der Waals surface area contributed by atoms with E-state index in [0.717, 1.165) is 18.9 Å². The summed E-state index contributed by atoms with van der Waals surface area (Å²) in [5, 5.41) is 3.26. The fourth-order valence-corrected chi connectivity index (χ4v) is 4.42. The van der Waals surface area contributed by atoms with Gasteiger partial charge in [-0.2, -0.15) is 0 Å². The molecule has 0 unspecified atom stereocenters. The maximum atomic E-state index is 12.2. The molecule has 0 aromatic heterocycles. The van der Waals surface area contributed by atoms with Gasteiger partial charge in [0.05, 0.1) is 31.3 Å². The molecule has 29 heavy (non-hydrogen) atoms. The van der Waals surface area contributed by atoms with Crippen LogP contribution in [-0.4, -0.2) is 76.8 Å². The van der Waals surface area contributed by atoms with Crippen LogP contribution in [0.25, 0.3) is 0 Å². The highest BCUT2D eigenvalue weighted by atomic mass is 32.2. The second-order valence-corrected chi connectivity index (χ2v) is 10.2. The second-order valence-electron chi connectivity index (χ2n) is 7.49. The Morgan fingerprint density at radius 2 is 1.79 bits per heavy atom. The van der Waals surface area contributed by atoms with Crippen LogP contribution in [0.2, 0.25) is 0 Å². The molecule has 0 bridgehead atoms. The zero-order chi connectivity index (χ0) is 21.5. The van der Waals surface area contributed by atoms with Gasteiger partial charge in [-0.3, -0.25) is 4.99 Å². The van der Waals surface area contributed by atoms with Crippen LogP contribution in [0.1, 0.15) is 27.2 Å². The molecule has 1 fully saturated rings. The molecule has 0 aliphatic carbocycles. The molecule has 1 aliphatic heterocycles. The van der Waals surface area contributed by atoms with Gasteiger partial charge in [-0.1, -0.05) is 0 Å². The number of rotatable bonds is 8. The lowest BCUT2D eigenvalue weighted by molar-refractivity contribution is 0.306. The molecule has 0 atom stereocenters. The lowest BCUT2D eigenvalue weighted by Crippen LogP contribution is -2.57. The van der Waals surface area contributed by atoms with Gasteiger partial charge in [-0.25, -0.2) is 8.42 Å². The highest BCUT2D eigenvalue weighted by Gasteiger charge is 2.40. The predicted octanol–water partition coefficient (Wildman–Crippen LogP) is 1.95. The van der Waals surface area contributed by atoms with E-state index in [1.54, 1.807) is 34.1 Å². The summed E-state index contributed by atoms with van der Waals surface area (Å²) in [5.41, 5.74) is 0. The van der Waals surface area contributed by atoms with E-state index in [4.69, 9.17) is 14.2 Å². The summed E-state index contributed by atoms with van der Waals surface area (Å²) >= 11 is 0. The van der Waals surface area contributed by atoms with Crippen molar-refractivity contribution in [3.63, 3.8) is 0 Å². The number of methoxy groups -OCH3 is 2. The van der Waals surface area contributed by atoms with Crippen molar-refractivity contribution in [2.24, 2.45) is 4.99 Å². The Bertz CT molecular complexity index is 786. The van der Waals surface area contributed by atoms with Crippen molar-refractivity contribution in [3.8, 4) is 17.2 Å². The van der Waals surface area contributed by atoms with E-state index in [2.05, 4.69) is 10.3 Å². The number of hydrogen-bond acceptors (Lipinski definition) is 6. The van der Waals surface area contributed by atoms with Gasteiger partial charge in [-0.15, -0.1) is 0 Å². The topological polar surface area (TPSA) is 89.5 Å². The van der Waals surface area contributed by atoms with E-state index < -0.39 is 14.6 Å². The fourth-order valence-electron chi connectivity index (χ4n) is 3.05. The average Bonchev–Trinajstić information content (AvgIpc) is 2.68. The molecule has 0 spiro atoms. The number of benzene rings is 1. The van der Waals surface area contributed by atoms with Crippen molar-refractivity contribution in [2.75, 3.05) is 52.8 Å². The number of guanidine groups is 1. The molecule has 1 aromatic carbocycles. The molecule has 0 saturated carbocycles. The average molecular weight is 428 g/mol. The zero-order valence-corrected chi connectivity index (χ0v) is 18.8. The highest BCUT2D eigenvalue weighted by Crippen LogP contribution is 2.27. The van der Waals surface area contributed by atoms with Crippen LogP contribution in [0.5, 0.6) is 17.2 Å². The molecule has 1 aromatic rings. The van der Waals surface area contributed by atoms with Crippen LogP contribution >= 0.6 is 0 Å². The third-order valence-electron chi connectivity index (χ3n) is 4.84. The molecule has 1 saturated heterocycles. The third kappa shape index (κ3) is 6.16. The summed E-state index contributed by atoms with van der Waals surface area (Å²) in [6.45, 7) is 8.23. The third-order valence-corrected chi connectivity index (χ3v) is 7.37. The van der Waals surface area contributed by atoms with E-state index in [1.165, 1.54) is 0 Å². The van der Waals surface area contributed by atoms with Crippen molar-refractivity contribution in [2.45, 2.75) is 31.9 Å². The molecular weight excluding hydrogens is 394 g/mol. The standard InChI is InChI=1S/C20H33N3O5S/c1-6-21-19(23-9-11-29(24,25)20(2,3)15-23)22-8-7-10-28-18-13-16(26-4)12-17(14-18)27-5/h12-14H,6-11,15H2,1-5H3,(H,21,22). The van der Waals surface area contributed by atoms with Crippen molar-refractivity contribution >= 4 is 15.8 Å². The molecular formula is C20H33N3O5S. The predicted molar refractivity (Wildman–Crippen MR) is 115 cm³/mol. The lowest BCUT2D eigenvalue weighted by atomic mass is 10.2. The largest absolute Gasteiger partial charge is 0.496 e. The van der Waals surface area contributed by atoms with Crippen LogP contribution in [0.3, 0.4) is 0 Å². The first-order chi connectivity index (χ1) is 13.7. The summed E-state index contributed by atoms with van der Waals surface area (Å²) in [4.78, 5) is 6.68. The summed E-state index contributed by atoms with van der Waals surface area (Å²) in [6, 6.07) is 5.42. The smallest absolute Gasteiger partial charge is 0.193 e. The molecule has 8 nitrogen and oxygen atoms in total. The number of hydrogen-bond donors (Lipinski definition) is 1. The van der Waals surface area contributed by atoms with Gasteiger partial charge in [0.15, 0.2) is 15.8 Å². The normalized spacial score (nSPS) is 18.2. The first-order valence-corrected chi connectivity index (χ1v) is 11.5. The maximum absolute atomic E-state index is 12.2. The fraction of sp³-hybridized carbons (Fsp3) is 0.650. The molecule has 0 radical (unpaired) electrons. The van der Waals surface area contributed by atoms with Crippen molar-refractivity contribution in [1.29, 1.82) is 0 Å². The quantitative estimate of drug-likeness (QED) is 0.385. The van der Waals surface area contributed by atoms with E-state index >= 15 is 0 Å². The second kappa shape index (κ2) is 10.0. The number of nitrogens with zero attached hydrogens (tertiary/aromatic N) is 2. The van der Waals surface area contributed by atoms with Crippen molar-refractivity contribution in [1.82, 2.24) is 10.2 Å². The zero-order valence-electron chi connectivity index (χ0n) is 18.0. The summed E-state index contributed by atoms with van der Waals surface area (Å²) < 4.78 is 40.0. The minimum Gasteiger partial charge on any atom is -0.496 e. The van der Waals surface area contributed by atoms with Crippen molar-refractivity contribution < 1.29 is 22.6 Å². The van der Waals surface area contributed by atoms with E-state index in [1.807, 2.05) is 24.0 Å². The minimum atomic E-state index is -3.08. The molecule has 1 heterocycles. The van der Waals surface area contributed by atoms with Crippen molar-refractivity contribution in [3.05, 3.63) is 18.2 Å². The molecule has 1 N–H and O–H groups in total. The monoisotopic (exact) mass is 427 g/mol. The Kier molecular flexibility index (Phi) is 8.01. The minimum absolute atomic E-state index is 0.144. The molecule has 2 rings (SSSR count). The van der Waals surface area contributed by atoms with Gasteiger partial charge in [0.2, 0.25) is 0 Å². The summed E-state index contributed by atoms with van der Waals surface area (Å²) in [7, 11) is 0.121. The van der Waals surface area contributed by atoms with Crippen LogP contribution in [0, 0.1) is 0 Å². The van der Waals surface area contributed by atoms with Crippen LogP contribution < -0.4 is 19.5 Å². The molecule has 164 valence electrons. The highest BCUT2D eigenvalue weighted by molar-refractivity contribution is 7.92. The Labute approximate surface area is 174 Å². The van der Waals surface area contributed by atoms with Crippen LogP contribution in [-0.2, 0) is 9.84 Å². The Morgan fingerprint density at radius 3 is 2.34 bits per heavy atom. The molecule has 9 heteroatoms. The number of sulfone groups is 1. The first kappa shape index (κ1) is 23.1. The van der Waals surface area contributed by atoms with E-state index in [0.29, 0.717) is 43.5 Å². The number of nitrogens with one attached hydrogen (secondary N) is 1. The summed E-state index contributed by atoms with van der Waals surface area (Å²) in [6.07, 6.45) is 0.726. The Hall–Kier alpha value is -2.16. The van der Waals surface area contributed by atoms with Gasteiger partial charge in [-0.05, 0) is 20.8 Å². The lowest BCUT2D eigenvalue weighted by Gasteiger charge is -2.39. The number of ether oxygens (including phenoxy) is 3. The number of aliphatic imine (C=N–C) groups is 1. The van der Waals surface area contributed by atoms with Crippen LogP contribution in [0.15, 0.2) is 23.2 Å². The van der Waals surface area contributed by atoms with E-state index in [9.17, 15) is 8.42 Å². The van der Waals surface area contributed by atoms with Crippen LogP contribution in [0.4, 0.5) is 0 Å². The first-order valence-electron chi connectivity index (χ1n) is 9.84. The van der Waals surface area contributed by atoms with Gasteiger partial charge in [0.1, 0.15) is 17.2 Å². The maximum Gasteiger partial charge on any atom is 0.193 e. The van der Waals surface area contributed by atoms with Gasteiger partial charge in [0, 0.05) is 50.8 Å². The Balaban J connectivity index is 1.92. The summed E-state index contributed by atoms with van der Waals surface area (Å²) in [5.74, 6) is 2.92. The molecule has 0 amide bonds. The van der Waals surface area contributed by atoms with E-state index in [-0.39, 0.29) is 5.75 Å². The Morgan fingerprint density at radius 1 is 1.17 bits per heavy atom. The van der Waals surface area contributed by atoms with Gasteiger partial charge < -0.3 is 24.4 Å². The SMILES string of the molecule is CCNC(=NCCCOc1cc(OC)cc(OC)c1)N1CCS(=O)(=O)C(C)(C)C1. The molecule has 1 aliphatic rings. The van der Waals surface area contributed by atoms with Gasteiger partial charge in [0.25, 0.3) is 0 Å².